The van der Waals surface area contributed by atoms with E-state index >= 15 is 0 Å². The number of allylic oxidation sites excluding steroid dienone is 1. The highest BCUT2D eigenvalue weighted by Crippen LogP contribution is 1.95. The minimum atomic E-state index is -0.469. The van der Waals surface area contributed by atoms with Crippen LogP contribution in [0.25, 0.3) is 0 Å². The maximum Gasteiger partial charge on any atom is 0.317 e. The fraction of sp³-hybridized carbons (Fsp3) is 0.600. The summed E-state index contributed by atoms with van der Waals surface area (Å²) in [5, 5.41) is 0. The Kier molecular flexibility index (Phi) is 6.88. The average molecular weight is 184 g/mol. The van der Waals surface area contributed by atoms with Gasteiger partial charge in [0.15, 0.2) is 0 Å². The predicted molar refractivity (Wildman–Crippen MR) is 50.1 cm³/mol. The summed E-state index contributed by atoms with van der Waals surface area (Å²) in [6.45, 7) is 3.84. The van der Waals surface area contributed by atoms with E-state index in [9.17, 15) is 9.59 Å². The average Bonchev–Trinajstić information content (AvgIpc) is 2.05. The molecule has 3 heteroatoms. The normalized spacial score (nSPS) is 10.3. The first-order valence-electron chi connectivity index (χ1n) is 4.59. The van der Waals surface area contributed by atoms with Gasteiger partial charge in [0.1, 0.15) is 0 Å². The van der Waals surface area contributed by atoms with Gasteiger partial charge in [-0.25, -0.2) is 0 Å². The van der Waals surface area contributed by atoms with Crippen molar-refractivity contribution in [3.8, 4) is 0 Å². The SMILES string of the molecule is CCC=CCC(=O)OC(=O)CCC. The molecule has 0 spiro atoms. The van der Waals surface area contributed by atoms with Crippen molar-refractivity contribution in [1.82, 2.24) is 0 Å². The van der Waals surface area contributed by atoms with E-state index < -0.39 is 11.9 Å². The van der Waals surface area contributed by atoms with E-state index in [1.54, 1.807) is 6.08 Å². The molecule has 0 aliphatic heterocycles. The van der Waals surface area contributed by atoms with E-state index in [4.69, 9.17) is 0 Å². The lowest BCUT2D eigenvalue weighted by atomic mass is 10.3. The molecule has 74 valence electrons. The van der Waals surface area contributed by atoms with Gasteiger partial charge in [-0.15, -0.1) is 0 Å². The topological polar surface area (TPSA) is 43.4 Å². The minimum absolute atomic E-state index is 0.184. The van der Waals surface area contributed by atoms with Gasteiger partial charge >= 0.3 is 11.9 Å². The molecule has 0 bridgehead atoms. The Bertz CT molecular complexity index is 194. The van der Waals surface area contributed by atoms with E-state index in [1.165, 1.54) is 0 Å². The molecule has 0 saturated heterocycles. The fourth-order valence-corrected chi connectivity index (χ4v) is 0.770. The first-order chi connectivity index (χ1) is 6.20. The summed E-state index contributed by atoms with van der Waals surface area (Å²) in [5.74, 6) is -0.902. The highest BCUT2D eigenvalue weighted by Gasteiger charge is 2.06. The summed E-state index contributed by atoms with van der Waals surface area (Å²) in [4.78, 5) is 21.7. The van der Waals surface area contributed by atoms with Crippen molar-refractivity contribution in [2.75, 3.05) is 0 Å². The van der Waals surface area contributed by atoms with E-state index in [0.717, 1.165) is 6.42 Å². The summed E-state index contributed by atoms with van der Waals surface area (Å²) >= 11 is 0. The monoisotopic (exact) mass is 184 g/mol. The van der Waals surface area contributed by atoms with E-state index in [1.807, 2.05) is 19.9 Å². The van der Waals surface area contributed by atoms with E-state index in [-0.39, 0.29) is 6.42 Å². The van der Waals surface area contributed by atoms with Crippen LogP contribution in [0.2, 0.25) is 0 Å². The van der Waals surface area contributed by atoms with Crippen LogP contribution in [0, 0.1) is 0 Å². The van der Waals surface area contributed by atoms with Crippen LogP contribution in [0.4, 0.5) is 0 Å². The zero-order valence-electron chi connectivity index (χ0n) is 8.21. The molecular formula is C10H16O3. The predicted octanol–water partition coefficient (Wildman–Crippen LogP) is 2.21. The molecule has 0 rings (SSSR count). The Morgan fingerprint density at radius 1 is 1.15 bits per heavy atom. The number of hydrogen-bond acceptors (Lipinski definition) is 3. The molecule has 0 aliphatic rings. The molecule has 0 amide bonds. The molecule has 0 N–H and O–H groups in total. The molecular weight excluding hydrogens is 168 g/mol. The van der Waals surface area contributed by atoms with Gasteiger partial charge in [-0.1, -0.05) is 26.0 Å². The quantitative estimate of drug-likeness (QED) is 0.374. The Morgan fingerprint density at radius 2 is 1.85 bits per heavy atom. The van der Waals surface area contributed by atoms with Gasteiger partial charge in [-0.2, -0.15) is 0 Å². The van der Waals surface area contributed by atoms with Crippen LogP contribution in [0.1, 0.15) is 39.5 Å². The van der Waals surface area contributed by atoms with Crippen LogP contribution in [0.15, 0.2) is 12.2 Å². The second kappa shape index (κ2) is 7.53. The summed E-state index contributed by atoms with van der Waals surface area (Å²) in [6.07, 6.45) is 5.66. The van der Waals surface area contributed by atoms with Crippen LogP contribution in [0.3, 0.4) is 0 Å². The van der Waals surface area contributed by atoms with Crippen molar-refractivity contribution in [2.24, 2.45) is 0 Å². The third kappa shape index (κ3) is 7.25. The molecule has 3 nitrogen and oxygen atoms in total. The number of esters is 2. The van der Waals surface area contributed by atoms with Gasteiger partial charge in [-0.3, -0.25) is 9.59 Å². The Hall–Kier alpha value is -1.12. The smallest absolute Gasteiger partial charge is 0.317 e. The van der Waals surface area contributed by atoms with Crippen LogP contribution < -0.4 is 0 Å². The van der Waals surface area contributed by atoms with Gasteiger partial charge in [-0.05, 0) is 12.8 Å². The molecule has 0 atom stereocenters. The minimum Gasteiger partial charge on any atom is -0.393 e. The van der Waals surface area contributed by atoms with E-state index in [0.29, 0.717) is 12.8 Å². The molecule has 0 aromatic heterocycles. The molecule has 0 aromatic carbocycles. The molecule has 13 heavy (non-hydrogen) atoms. The van der Waals surface area contributed by atoms with Crippen molar-refractivity contribution >= 4 is 11.9 Å². The molecule has 0 heterocycles. The van der Waals surface area contributed by atoms with Crippen LogP contribution in [-0.4, -0.2) is 11.9 Å². The lowest BCUT2D eigenvalue weighted by Gasteiger charge is -1.98. The number of carbonyl (C=O) groups is 2. The highest BCUT2D eigenvalue weighted by molar-refractivity contribution is 5.86. The van der Waals surface area contributed by atoms with Crippen LogP contribution in [0.5, 0.6) is 0 Å². The second-order valence-corrected chi connectivity index (χ2v) is 2.68. The van der Waals surface area contributed by atoms with Crippen molar-refractivity contribution in [3.05, 3.63) is 12.2 Å². The number of rotatable bonds is 5. The first kappa shape index (κ1) is 11.9. The lowest BCUT2D eigenvalue weighted by Crippen LogP contribution is -2.10. The summed E-state index contributed by atoms with van der Waals surface area (Å²) in [6, 6.07) is 0. The Morgan fingerprint density at radius 3 is 2.38 bits per heavy atom. The van der Waals surface area contributed by atoms with Gasteiger partial charge < -0.3 is 4.74 Å². The lowest BCUT2D eigenvalue weighted by molar-refractivity contribution is -0.159. The standard InChI is InChI=1S/C10H16O3/c1-3-5-6-8-10(12)13-9(11)7-4-2/h5-6H,3-4,7-8H2,1-2H3. The van der Waals surface area contributed by atoms with Gasteiger partial charge in [0.25, 0.3) is 0 Å². The number of hydrogen-bond donors (Lipinski definition) is 0. The van der Waals surface area contributed by atoms with E-state index in [2.05, 4.69) is 4.74 Å². The van der Waals surface area contributed by atoms with Gasteiger partial charge in [0.05, 0.1) is 6.42 Å². The zero-order valence-corrected chi connectivity index (χ0v) is 8.21. The molecule has 0 aromatic rings. The van der Waals surface area contributed by atoms with Crippen LogP contribution in [-0.2, 0) is 14.3 Å². The zero-order chi connectivity index (χ0) is 10.1. The molecule has 0 aliphatic carbocycles. The van der Waals surface area contributed by atoms with Gasteiger partial charge in [0.2, 0.25) is 0 Å². The first-order valence-corrected chi connectivity index (χ1v) is 4.59. The van der Waals surface area contributed by atoms with Crippen molar-refractivity contribution in [1.29, 1.82) is 0 Å². The third-order valence-electron chi connectivity index (χ3n) is 1.37. The third-order valence-corrected chi connectivity index (χ3v) is 1.37. The summed E-state index contributed by atoms with van der Waals surface area (Å²) < 4.78 is 4.51. The maximum atomic E-state index is 10.9. The molecule has 0 saturated carbocycles. The largest absolute Gasteiger partial charge is 0.393 e. The maximum absolute atomic E-state index is 10.9. The van der Waals surface area contributed by atoms with Gasteiger partial charge in [0, 0.05) is 6.42 Å². The van der Waals surface area contributed by atoms with Crippen LogP contribution >= 0.6 is 0 Å². The Labute approximate surface area is 78.8 Å². The Balaban J connectivity index is 3.62. The van der Waals surface area contributed by atoms with Crippen molar-refractivity contribution in [3.63, 3.8) is 0 Å². The fourth-order valence-electron chi connectivity index (χ4n) is 0.770. The number of ether oxygens (including phenoxy) is 1. The second-order valence-electron chi connectivity index (χ2n) is 2.68. The summed E-state index contributed by atoms with van der Waals surface area (Å²) in [7, 11) is 0. The molecule has 0 unspecified atom stereocenters. The summed E-state index contributed by atoms with van der Waals surface area (Å²) in [5.41, 5.74) is 0. The molecule has 0 fully saturated rings. The highest BCUT2D eigenvalue weighted by atomic mass is 16.6. The number of carbonyl (C=O) groups excluding carboxylic acids is 2. The van der Waals surface area contributed by atoms with Crippen molar-refractivity contribution in [2.45, 2.75) is 39.5 Å². The molecule has 0 radical (unpaired) electrons. The van der Waals surface area contributed by atoms with Crippen molar-refractivity contribution < 1.29 is 14.3 Å².